The molecule has 0 aliphatic carbocycles. The van der Waals surface area contributed by atoms with Gasteiger partial charge in [0.25, 0.3) is 0 Å². The Morgan fingerprint density at radius 2 is 0.833 bits per heavy atom. The quantitative estimate of drug-likeness (QED) is 0.150. The molecule has 0 unspecified atom stereocenters. The van der Waals surface area contributed by atoms with Gasteiger partial charge >= 0.3 is 0 Å². The predicted molar refractivity (Wildman–Crippen MR) is 255 cm³/mol. The molecule has 0 fully saturated rings. The van der Waals surface area contributed by atoms with E-state index in [0.717, 1.165) is 39.4 Å². The maximum Gasteiger partial charge on any atom is 0.0561 e. The molecule has 0 amide bonds. The first-order valence-corrected chi connectivity index (χ1v) is 20.6. The van der Waals surface area contributed by atoms with Crippen molar-refractivity contribution in [1.29, 1.82) is 0 Å². The van der Waals surface area contributed by atoms with E-state index >= 15 is 0 Å². The van der Waals surface area contributed by atoms with Crippen LogP contribution >= 0.6 is 0 Å². The Morgan fingerprint density at radius 1 is 0.283 bits per heavy atom. The summed E-state index contributed by atoms with van der Waals surface area (Å²) in [6.45, 7) is 0. The van der Waals surface area contributed by atoms with Crippen LogP contribution in [-0.4, -0.2) is 4.57 Å². The smallest absolute Gasteiger partial charge is 0.0561 e. The van der Waals surface area contributed by atoms with Crippen LogP contribution in [0, 0.1) is 0 Å². The van der Waals surface area contributed by atoms with Gasteiger partial charge in [-0.3, -0.25) is 0 Å². The first kappa shape index (κ1) is 35.2. The molecule has 10 aromatic carbocycles. The van der Waals surface area contributed by atoms with Crippen molar-refractivity contribution in [2.24, 2.45) is 0 Å². The molecule has 11 rings (SSSR count). The van der Waals surface area contributed by atoms with Crippen LogP contribution in [0.1, 0.15) is 0 Å². The lowest BCUT2D eigenvalue weighted by molar-refractivity contribution is 1.18. The summed E-state index contributed by atoms with van der Waals surface area (Å²) in [7, 11) is 0. The molecule has 2 nitrogen and oxygen atoms in total. The number of hydrogen-bond donors (Lipinski definition) is 0. The summed E-state index contributed by atoms with van der Waals surface area (Å²) >= 11 is 0. The second-order valence-electron chi connectivity index (χ2n) is 15.3. The summed E-state index contributed by atoms with van der Waals surface area (Å²) in [5.74, 6) is 0. The number of aromatic nitrogens is 1. The lowest BCUT2D eigenvalue weighted by atomic mass is 9.92. The topological polar surface area (TPSA) is 8.17 Å². The standard InChI is InChI=1S/C58H40N2/c1-4-16-41(17-5-1)43-28-31-45(32-29-43)52-24-12-14-26-56(52)59(50-35-37-54-53-25-13-15-27-57(53)60(58(54)40-50)48-22-8-3-9-23-48)49-34-36-51(44-19-6-2-7-20-44)55(39-49)47-33-30-42-18-10-11-21-46(42)38-47/h1-40H. The fourth-order valence-corrected chi connectivity index (χ4v) is 8.90. The molecule has 0 saturated heterocycles. The third-order valence-electron chi connectivity index (χ3n) is 11.8. The van der Waals surface area contributed by atoms with E-state index in [4.69, 9.17) is 0 Å². The van der Waals surface area contributed by atoms with Crippen molar-refractivity contribution in [3.05, 3.63) is 243 Å². The van der Waals surface area contributed by atoms with Crippen molar-refractivity contribution in [2.45, 2.75) is 0 Å². The molecule has 0 radical (unpaired) electrons. The molecule has 0 atom stereocenters. The van der Waals surface area contributed by atoms with E-state index in [1.54, 1.807) is 0 Å². The molecule has 282 valence electrons. The van der Waals surface area contributed by atoms with Crippen LogP contribution in [0.15, 0.2) is 243 Å². The third-order valence-corrected chi connectivity index (χ3v) is 11.8. The zero-order chi connectivity index (χ0) is 39.8. The van der Waals surface area contributed by atoms with Crippen molar-refractivity contribution >= 4 is 49.6 Å². The Balaban J connectivity index is 1.16. The summed E-state index contributed by atoms with van der Waals surface area (Å²) in [6, 6.07) is 88.0. The van der Waals surface area contributed by atoms with Gasteiger partial charge in [-0.25, -0.2) is 0 Å². The van der Waals surface area contributed by atoms with Crippen LogP contribution in [0.3, 0.4) is 0 Å². The van der Waals surface area contributed by atoms with Gasteiger partial charge in [-0.2, -0.15) is 0 Å². The van der Waals surface area contributed by atoms with Crippen molar-refractivity contribution < 1.29 is 0 Å². The number of para-hydroxylation sites is 3. The van der Waals surface area contributed by atoms with Crippen molar-refractivity contribution in [2.75, 3.05) is 4.90 Å². The van der Waals surface area contributed by atoms with Gasteiger partial charge in [-0.15, -0.1) is 0 Å². The van der Waals surface area contributed by atoms with Gasteiger partial charge in [0.05, 0.1) is 16.7 Å². The minimum absolute atomic E-state index is 1.08. The van der Waals surface area contributed by atoms with Crippen LogP contribution in [0.5, 0.6) is 0 Å². The van der Waals surface area contributed by atoms with Crippen molar-refractivity contribution in [1.82, 2.24) is 4.57 Å². The molecule has 0 aliphatic heterocycles. The highest BCUT2D eigenvalue weighted by molar-refractivity contribution is 6.10. The van der Waals surface area contributed by atoms with E-state index in [1.807, 2.05) is 0 Å². The second kappa shape index (κ2) is 15.1. The highest BCUT2D eigenvalue weighted by Gasteiger charge is 2.22. The monoisotopic (exact) mass is 764 g/mol. The maximum atomic E-state index is 2.45. The fourth-order valence-electron chi connectivity index (χ4n) is 8.90. The predicted octanol–water partition coefficient (Wildman–Crippen LogP) is 16.1. The van der Waals surface area contributed by atoms with Crippen LogP contribution in [0.25, 0.3) is 82.8 Å². The highest BCUT2D eigenvalue weighted by atomic mass is 15.1. The molecular formula is C58H40N2. The van der Waals surface area contributed by atoms with E-state index in [9.17, 15) is 0 Å². The summed E-state index contributed by atoms with van der Waals surface area (Å²) in [4.78, 5) is 2.45. The number of benzene rings is 10. The Bertz CT molecular complexity index is 3290. The van der Waals surface area contributed by atoms with E-state index in [2.05, 4.69) is 252 Å². The average Bonchev–Trinajstić information content (AvgIpc) is 3.66. The van der Waals surface area contributed by atoms with Gasteiger partial charge in [0.15, 0.2) is 0 Å². The molecule has 0 N–H and O–H groups in total. The lowest BCUT2D eigenvalue weighted by Crippen LogP contribution is -2.12. The number of fused-ring (bicyclic) bond motifs is 4. The number of nitrogens with zero attached hydrogens (tertiary/aromatic N) is 2. The van der Waals surface area contributed by atoms with Crippen molar-refractivity contribution in [3.63, 3.8) is 0 Å². The van der Waals surface area contributed by atoms with E-state index < -0.39 is 0 Å². The van der Waals surface area contributed by atoms with Crippen LogP contribution in [-0.2, 0) is 0 Å². The SMILES string of the molecule is c1ccc(-c2ccc(-c3ccccc3N(c3ccc(-c4ccccc4)c(-c4ccc5ccccc5c4)c3)c3ccc4c5ccccc5n(-c5ccccc5)c4c3)cc2)cc1. The van der Waals surface area contributed by atoms with Crippen LogP contribution in [0.2, 0.25) is 0 Å². The van der Waals surface area contributed by atoms with Gasteiger partial charge in [0.2, 0.25) is 0 Å². The first-order chi connectivity index (χ1) is 29.8. The maximum absolute atomic E-state index is 2.45. The minimum Gasteiger partial charge on any atom is -0.310 e. The fraction of sp³-hybridized carbons (Fsp3) is 0. The van der Waals surface area contributed by atoms with Gasteiger partial charge in [-0.1, -0.05) is 188 Å². The molecular weight excluding hydrogens is 725 g/mol. The van der Waals surface area contributed by atoms with E-state index in [1.165, 1.54) is 60.4 Å². The van der Waals surface area contributed by atoms with Gasteiger partial charge in [0.1, 0.15) is 0 Å². The normalized spacial score (nSPS) is 11.3. The zero-order valence-electron chi connectivity index (χ0n) is 33.0. The van der Waals surface area contributed by atoms with E-state index in [-0.39, 0.29) is 0 Å². The summed E-state index contributed by atoms with van der Waals surface area (Å²) < 4.78 is 2.40. The van der Waals surface area contributed by atoms with E-state index in [0.29, 0.717) is 0 Å². The van der Waals surface area contributed by atoms with Gasteiger partial charge in [-0.05, 0) is 104 Å². The van der Waals surface area contributed by atoms with Crippen molar-refractivity contribution in [3.8, 4) is 50.2 Å². The molecule has 2 heteroatoms. The molecule has 0 aliphatic rings. The second-order valence-corrected chi connectivity index (χ2v) is 15.3. The summed E-state index contributed by atoms with van der Waals surface area (Å²) in [5.41, 5.74) is 16.2. The molecule has 60 heavy (non-hydrogen) atoms. The Kier molecular flexibility index (Phi) is 8.87. The Morgan fingerprint density at radius 3 is 1.63 bits per heavy atom. The Labute approximate surface area is 350 Å². The molecule has 1 aromatic heterocycles. The zero-order valence-corrected chi connectivity index (χ0v) is 33.0. The average molecular weight is 765 g/mol. The minimum atomic E-state index is 1.08. The summed E-state index contributed by atoms with van der Waals surface area (Å²) in [5, 5.41) is 4.91. The molecule has 1 heterocycles. The molecule has 0 saturated carbocycles. The summed E-state index contributed by atoms with van der Waals surface area (Å²) in [6.07, 6.45) is 0. The largest absolute Gasteiger partial charge is 0.310 e. The first-order valence-electron chi connectivity index (χ1n) is 20.6. The number of rotatable bonds is 8. The number of anilines is 3. The van der Waals surface area contributed by atoms with Crippen LogP contribution in [0.4, 0.5) is 17.1 Å². The van der Waals surface area contributed by atoms with Gasteiger partial charge in [0, 0.05) is 33.4 Å². The van der Waals surface area contributed by atoms with Gasteiger partial charge < -0.3 is 9.47 Å². The number of hydrogen-bond acceptors (Lipinski definition) is 1. The molecule has 0 spiro atoms. The Hall–Kier alpha value is -7.94. The molecule has 0 bridgehead atoms. The highest BCUT2D eigenvalue weighted by Crippen LogP contribution is 2.46. The lowest BCUT2D eigenvalue weighted by Gasteiger charge is -2.29. The third kappa shape index (κ3) is 6.32. The van der Waals surface area contributed by atoms with Crippen LogP contribution < -0.4 is 4.90 Å². The molecule has 11 aromatic rings.